The number of ether oxygens (including phenoxy) is 2. The first kappa shape index (κ1) is 15.8. The van der Waals surface area contributed by atoms with Crippen LogP contribution in [0.1, 0.15) is 18.5 Å². The maximum atomic E-state index is 11.4. The smallest absolute Gasteiger partial charge is 0.241 e. The molecule has 118 valence electrons. The third-order valence-corrected chi connectivity index (χ3v) is 3.98. The van der Waals surface area contributed by atoms with E-state index in [2.05, 4.69) is 15.7 Å². The second-order valence-electron chi connectivity index (χ2n) is 5.35. The Kier molecular flexibility index (Phi) is 5.19. The lowest BCUT2D eigenvalue weighted by atomic mass is 9.94. The van der Waals surface area contributed by atoms with Crippen LogP contribution in [-0.4, -0.2) is 55.2 Å². The first-order valence-corrected chi connectivity index (χ1v) is 7.20. The number of carbonyl (C=O) groups excluding carboxylic acids is 1. The zero-order valence-electron chi connectivity index (χ0n) is 12.9. The van der Waals surface area contributed by atoms with E-state index in [9.17, 15) is 4.79 Å². The fourth-order valence-electron chi connectivity index (χ4n) is 2.42. The maximum Gasteiger partial charge on any atom is 0.241 e. The fraction of sp³-hybridized carbons (Fsp3) is 0.714. The third kappa shape index (κ3) is 3.95. The Bertz CT molecular complexity index is 481. The zero-order chi connectivity index (χ0) is 15.3. The van der Waals surface area contributed by atoms with Crippen molar-refractivity contribution in [3.8, 4) is 0 Å². The summed E-state index contributed by atoms with van der Waals surface area (Å²) in [5.41, 5.74) is 0.746. The highest BCUT2D eigenvalue weighted by molar-refractivity contribution is 5.75. The Morgan fingerprint density at radius 1 is 1.52 bits per heavy atom. The molecule has 0 atom stereocenters. The second kappa shape index (κ2) is 6.91. The van der Waals surface area contributed by atoms with Crippen molar-refractivity contribution in [1.29, 1.82) is 0 Å². The lowest BCUT2D eigenvalue weighted by molar-refractivity contribution is -0.121. The largest absolute Gasteiger partial charge is 0.381 e. The highest BCUT2D eigenvalue weighted by Gasteiger charge is 2.32. The summed E-state index contributed by atoms with van der Waals surface area (Å²) in [6.07, 6.45) is 1.74. The van der Waals surface area contributed by atoms with E-state index in [1.165, 1.54) is 0 Å². The van der Waals surface area contributed by atoms with Crippen molar-refractivity contribution in [3.05, 3.63) is 11.8 Å². The second-order valence-corrected chi connectivity index (χ2v) is 5.35. The molecule has 0 spiro atoms. The van der Waals surface area contributed by atoms with Crippen LogP contribution in [-0.2, 0) is 20.8 Å². The van der Waals surface area contributed by atoms with Gasteiger partial charge in [-0.25, -0.2) is 0 Å². The van der Waals surface area contributed by atoms with Crippen molar-refractivity contribution in [2.75, 3.05) is 39.2 Å². The number of hydrogen-bond acceptors (Lipinski definition) is 5. The number of methoxy groups -OCH3 is 1. The quantitative estimate of drug-likeness (QED) is 0.801. The summed E-state index contributed by atoms with van der Waals surface area (Å²) < 4.78 is 12.7. The van der Waals surface area contributed by atoms with Crippen LogP contribution in [0.5, 0.6) is 0 Å². The van der Waals surface area contributed by atoms with E-state index >= 15 is 0 Å². The van der Waals surface area contributed by atoms with Gasteiger partial charge in [-0.3, -0.25) is 9.48 Å². The van der Waals surface area contributed by atoms with E-state index in [-0.39, 0.29) is 18.1 Å². The van der Waals surface area contributed by atoms with Crippen LogP contribution < -0.4 is 10.6 Å². The Morgan fingerprint density at radius 3 is 2.86 bits per heavy atom. The summed E-state index contributed by atoms with van der Waals surface area (Å²) in [6, 6.07) is 1.94. The van der Waals surface area contributed by atoms with Crippen LogP contribution in [0, 0.1) is 6.92 Å². The monoisotopic (exact) mass is 296 g/mol. The van der Waals surface area contributed by atoms with Gasteiger partial charge in [0.2, 0.25) is 5.91 Å². The molecule has 1 aliphatic heterocycles. The first-order valence-electron chi connectivity index (χ1n) is 7.20. The average Bonchev–Trinajstić information content (AvgIpc) is 2.86. The molecule has 0 aromatic carbocycles. The van der Waals surface area contributed by atoms with Crippen molar-refractivity contribution in [2.45, 2.75) is 31.9 Å². The first-order chi connectivity index (χ1) is 10.1. The Morgan fingerprint density at radius 2 is 2.24 bits per heavy atom. The molecule has 21 heavy (non-hydrogen) atoms. The summed E-state index contributed by atoms with van der Waals surface area (Å²) >= 11 is 0. The van der Waals surface area contributed by atoms with E-state index in [1.807, 2.05) is 13.0 Å². The third-order valence-electron chi connectivity index (χ3n) is 3.98. The van der Waals surface area contributed by atoms with Crippen LogP contribution in [0.25, 0.3) is 0 Å². The normalized spacial score (nSPS) is 17.5. The van der Waals surface area contributed by atoms with Gasteiger partial charge in [-0.2, -0.15) is 5.10 Å². The number of carbonyl (C=O) groups is 1. The SMILES string of the molecule is CNC(=O)Cn1nc(NCC2(OC)CCOCC2)cc1C. The van der Waals surface area contributed by atoms with Gasteiger partial charge in [0.05, 0.1) is 5.60 Å². The minimum atomic E-state index is -0.198. The van der Waals surface area contributed by atoms with Gasteiger partial charge in [0, 0.05) is 58.5 Å². The van der Waals surface area contributed by atoms with Crippen molar-refractivity contribution in [2.24, 2.45) is 0 Å². The molecule has 2 rings (SSSR count). The van der Waals surface area contributed by atoms with Gasteiger partial charge < -0.3 is 20.1 Å². The summed E-state index contributed by atoms with van der Waals surface area (Å²) in [5, 5.41) is 10.3. The molecule has 2 heterocycles. The highest BCUT2D eigenvalue weighted by Crippen LogP contribution is 2.25. The number of likely N-dealkylation sites (N-methyl/N-ethyl adjacent to an activating group) is 1. The van der Waals surface area contributed by atoms with Crippen LogP contribution in [0.4, 0.5) is 5.82 Å². The average molecular weight is 296 g/mol. The number of anilines is 1. The molecule has 1 fully saturated rings. The van der Waals surface area contributed by atoms with E-state index in [0.717, 1.165) is 37.6 Å². The number of amides is 1. The molecular weight excluding hydrogens is 272 g/mol. The standard InChI is InChI=1S/C14H24N4O3/c1-11-8-12(17-18(11)9-13(19)15-2)16-10-14(20-3)4-6-21-7-5-14/h8H,4-7,9-10H2,1-3H3,(H,15,19)(H,16,17). The molecule has 1 amide bonds. The number of rotatable bonds is 6. The van der Waals surface area contributed by atoms with Crippen molar-refractivity contribution in [3.63, 3.8) is 0 Å². The minimum Gasteiger partial charge on any atom is -0.381 e. The van der Waals surface area contributed by atoms with Gasteiger partial charge in [-0.15, -0.1) is 0 Å². The van der Waals surface area contributed by atoms with Gasteiger partial charge in [0.1, 0.15) is 12.4 Å². The lowest BCUT2D eigenvalue weighted by Crippen LogP contribution is -2.44. The van der Waals surface area contributed by atoms with Gasteiger partial charge in [-0.05, 0) is 6.92 Å². The molecule has 0 radical (unpaired) electrons. The summed E-state index contributed by atoms with van der Waals surface area (Å²) in [4.78, 5) is 11.4. The molecule has 0 unspecified atom stereocenters. The molecule has 0 bridgehead atoms. The summed E-state index contributed by atoms with van der Waals surface area (Å²) in [7, 11) is 3.36. The maximum absolute atomic E-state index is 11.4. The Hall–Kier alpha value is -1.60. The summed E-state index contributed by atoms with van der Waals surface area (Å²) in [6.45, 7) is 4.29. The van der Waals surface area contributed by atoms with E-state index < -0.39 is 0 Å². The summed E-state index contributed by atoms with van der Waals surface area (Å²) in [5.74, 6) is 0.699. The number of nitrogens with zero attached hydrogens (tertiary/aromatic N) is 2. The predicted molar refractivity (Wildman–Crippen MR) is 79.3 cm³/mol. The fourth-order valence-corrected chi connectivity index (χ4v) is 2.42. The van der Waals surface area contributed by atoms with Crippen LogP contribution in [0.2, 0.25) is 0 Å². The number of aromatic nitrogens is 2. The number of aryl methyl sites for hydroxylation is 1. The van der Waals surface area contributed by atoms with E-state index in [1.54, 1.807) is 18.8 Å². The van der Waals surface area contributed by atoms with Crippen LogP contribution >= 0.6 is 0 Å². The Balaban J connectivity index is 1.96. The van der Waals surface area contributed by atoms with Crippen molar-refractivity contribution >= 4 is 11.7 Å². The molecule has 2 N–H and O–H groups in total. The molecule has 1 aliphatic rings. The Labute approximate surface area is 125 Å². The van der Waals surface area contributed by atoms with Crippen molar-refractivity contribution < 1.29 is 14.3 Å². The molecular formula is C14H24N4O3. The molecule has 0 aliphatic carbocycles. The topological polar surface area (TPSA) is 77.4 Å². The molecule has 7 nitrogen and oxygen atoms in total. The molecule has 1 aromatic rings. The minimum absolute atomic E-state index is 0.0643. The van der Waals surface area contributed by atoms with Crippen molar-refractivity contribution in [1.82, 2.24) is 15.1 Å². The van der Waals surface area contributed by atoms with E-state index in [0.29, 0.717) is 6.54 Å². The highest BCUT2D eigenvalue weighted by atomic mass is 16.5. The van der Waals surface area contributed by atoms with Gasteiger partial charge >= 0.3 is 0 Å². The molecule has 0 saturated carbocycles. The van der Waals surface area contributed by atoms with Gasteiger partial charge in [0.25, 0.3) is 0 Å². The van der Waals surface area contributed by atoms with Gasteiger partial charge in [0.15, 0.2) is 0 Å². The number of hydrogen-bond donors (Lipinski definition) is 2. The number of nitrogens with one attached hydrogen (secondary N) is 2. The zero-order valence-corrected chi connectivity index (χ0v) is 12.9. The molecule has 1 aromatic heterocycles. The predicted octanol–water partition coefficient (Wildman–Crippen LogP) is 0.545. The van der Waals surface area contributed by atoms with Crippen LogP contribution in [0.3, 0.4) is 0 Å². The van der Waals surface area contributed by atoms with Gasteiger partial charge in [-0.1, -0.05) is 0 Å². The van der Waals surface area contributed by atoms with E-state index in [4.69, 9.17) is 9.47 Å². The molecule has 7 heteroatoms. The van der Waals surface area contributed by atoms with Crippen LogP contribution in [0.15, 0.2) is 6.07 Å². The lowest BCUT2D eigenvalue weighted by Gasteiger charge is -2.35. The molecule has 1 saturated heterocycles.